The molecule has 0 bridgehead atoms. The maximum absolute atomic E-state index is 12.2. The van der Waals surface area contributed by atoms with Crippen molar-refractivity contribution in [3.05, 3.63) is 24.0 Å². The first-order valence-corrected chi connectivity index (χ1v) is 5.81. The second kappa shape index (κ2) is 5.22. The Kier molecular flexibility index (Phi) is 3.66. The summed E-state index contributed by atoms with van der Waals surface area (Å²) < 4.78 is 6.66. The van der Waals surface area contributed by atoms with Gasteiger partial charge >= 0.3 is 5.97 Å². The van der Waals surface area contributed by atoms with E-state index in [0.29, 0.717) is 18.8 Å². The number of carboxylic acids is 1. The van der Waals surface area contributed by atoms with Crippen LogP contribution in [0.25, 0.3) is 0 Å². The van der Waals surface area contributed by atoms with Crippen LogP contribution in [0.15, 0.2) is 18.3 Å². The summed E-state index contributed by atoms with van der Waals surface area (Å²) in [6.45, 7) is 1.01. The molecular weight excluding hydrogens is 236 g/mol. The van der Waals surface area contributed by atoms with Crippen LogP contribution < -0.4 is 0 Å². The number of ether oxygens (including phenoxy) is 1. The molecule has 98 valence electrons. The van der Waals surface area contributed by atoms with Crippen LogP contribution in [-0.2, 0) is 16.1 Å². The van der Waals surface area contributed by atoms with Gasteiger partial charge in [0.05, 0.1) is 6.10 Å². The first-order valence-electron chi connectivity index (χ1n) is 5.81. The first kappa shape index (κ1) is 12.6. The van der Waals surface area contributed by atoms with Crippen molar-refractivity contribution in [2.45, 2.75) is 19.1 Å². The number of methoxy groups -OCH3 is 1. The Hall–Kier alpha value is -1.82. The molecule has 0 aromatic carbocycles. The molecule has 0 aliphatic carbocycles. The molecule has 1 aliphatic heterocycles. The minimum Gasteiger partial charge on any atom is -0.480 e. The second-order valence-corrected chi connectivity index (χ2v) is 4.31. The van der Waals surface area contributed by atoms with Crippen molar-refractivity contribution in [2.24, 2.45) is 0 Å². The van der Waals surface area contributed by atoms with E-state index >= 15 is 0 Å². The summed E-state index contributed by atoms with van der Waals surface area (Å²) >= 11 is 0. The van der Waals surface area contributed by atoms with Crippen molar-refractivity contribution in [3.8, 4) is 0 Å². The average molecular weight is 252 g/mol. The molecule has 1 amide bonds. The summed E-state index contributed by atoms with van der Waals surface area (Å²) in [6.07, 6.45) is 2.50. The molecule has 0 saturated carbocycles. The quantitative estimate of drug-likeness (QED) is 0.843. The summed E-state index contributed by atoms with van der Waals surface area (Å²) in [6, 6.07) is 3.32. The molecule has 1 aromatic heterocycles. The number of carboxylic acid groups (broad SMARTS) is 1. The standard InChI is InChI=1S/C12H16N2O4/c1-18-9-4-6-14(7-9)12(17)10-3-2-5-13(10)8-11(15)16/h2-3,5,9H,4,6-8H2,1H3,(H,15,16). The lowest BCUT2D eigenvalue weighted by atomic mass is 10.3. The molecule has 2 heterocycles. The third-order valence-electron chi connectivity index (χ3n) is 3.12. The van der Waals surface area contributed by atoms with Crippen molar-refractivity contribution in [1.82, 2.24) is 9.47 Å². The molecule has 1 aromatic rings. The molecule has 1 atom stereocenters. The summed E-state index contributed by atoms with van der Waals surface area (Å²) in [5, 5.41) is 8.77. The van der Waals surface area contributed by atoms with Crippen LogP contribution >= 0.6 is 0 Å². The number of likely N-dealkylation sites (tertiary alicyclic amines) is 1. The van der Waals surface area contributed by atoms with Gasteiger partial charge in [-0.05, 0) is 18.6 Å². The molecule has 1 saturated heterocycles. The number of amides is 1. The maximum Gasteiger partial charge on any atom is 0.323 e. The van der Waals surface area contributed by atoms with E-state index in [1.54, 1.807) is 30.3 Å². The van der Waals surface area contributed by atoms with Crippen LogP contribution in [0.5, 0.6) is 0 Å². The number of aromatic nitrogens is 1. The lowest BCUT2D eigenvalue weighted by Gasteiger charge is -2.17. The molecular formula is C12H16N2O4. The monoisotopic (exact) mass is 252 g/mol. The normalized spacial score (nSPS) is 19.2. The molecule has 18 heavy (non-hydrogen) atoms. The van der Waals surface area contributed by atoms with Gasteiger partial charge in [0.15, 0.2) is 0 Å². The van der Waals surface area contributed by atoms with Crippen molar-refractivity contribution in [1.29, 1.82) is 0 Å². The molecule has 1 fully saturated rings. The summed E-state index contributed by atoms with van der Waals surface area (Å²) in [5.41, 5.74) is 0.411. The number of carbonyl (C=O) groups is 2. The van der Waals surface area contributed by atoms with E-state index < -0.39 is 5.97 Å². The van der Waals surface area contributed by atoms with Crippen molar-refractivity contribution in [3.63, 3.8) is 0 Å². The molecule has 1 N–H and O–H groups in total. The lowest BCUT2D eigenvalue weighted by Crippen LogP contribution is -2.32. The van der Waals surface area contributed by atoms with E-state index in [4.69, 9.17) is 9.84 Å². The van der Waals surface area contributed by atoms with Crippen LogP contribution in [0.3, 0.4) is 0 Å². The summed E-state index contributed by atoms with van der Waals surface area (Å²) in [5.74, 6) is -1.10. The number of hydrogen-bond acceptors (Lipinski definition) is 3. The van der Waals surface area contributed by atoms with E-state index in [9.17, 15) is 9.59 Å². The third-order valence-corrected chi connectivity index (χ3v) is 3.12. The largest absolute Gasteiger partial charge is 0.480 e. The Labute approximate surface area is 105 Å². The van der Waals surface area contributed by atoms with E-state index in [2.05, 4.69) is 0 Å². The van der Waals surface area contributed by atoms with Crippen LogP contribution in [0.2, 0.25) is 0 Å². The van der Waals surface area contributed by atoms with Gasteiger partial charge in [-0.3, -0.25) is 9.59 Å². The first-order chi connectivity index (χ1) is 8.61. The predicted molar refractivity (Wildman–Crippen MR) is 63.4 cm³/mol. The molecule has 0 radical (unpaired) electrons. The van der Waals surface area contributed by atoms with Crippen LogP contribution in [0.4, 0.5) is 0 Å². The fourth-order valence-corrected chi connectivity index (χ4v) is 2.16. The average Bonchev–Trinajstić information content (AvgIpc) is 2.95. The molecule has 1 aliphatic rings. The van der Waals surface area contributed by atoms with Gasteiger partial charge in [0.25, 0.3) is 5.91 Å². The highest BCUT2D eigenvalue weighted by molar-refractivity contribution is 5.93. The summed E-state index contributed by atoms with van der Waals surface area (Å²) in [7, 11) is 1.63. The van der Waals surface area contributed by atoms with Gasteiger partial charge < -0.3 is 19.3 Å². The van der Waals surface area contributed by atoms with E-state index in [0.717, 1.165) is 6.42 Å². The Morgan fingerprint density at radius 3 is 2.94 bits per heavy atom. The van der Waals surface area contributed by atoms with Gasteiger partial charge in [-0.25, -0.2) is 0 Å². The van der Waals surface area contributed by atoms with Gasteiger partial charge in [-0.2, -0.15) is 0 Å². The molecule has 1 unspecified atom stereocenters. The zero-order valence-corrected chi connectivity index (χ0v) is 10.2. The minimum absolute atomic E-state index is 0.0804. The van der Waals surface area contributed by atoms with E-state index in [1.165, 1.54) is 4.57 Å². The van der Waals surface area contributed by atoms with Gasteiger partial charge in [0.1, 0.15) is 12.2 Å². The smallest absolute Gasteiger partial charge is 0.323 e. The van der Waals surface area contributed by atoms with Gasteiger partial charge in [-0.15, -0.1) is 0 Å². The number of carbonyl (C=O) groups excluding carboxylic acids is 1. The fraction of sp³-hybridized carbons (Fsp3) is 0.500. The van der Waals surface area contributed by atoms with Crippen LogP contribution in [-0.4, -0.2) is 52.8 Å². The van der Waals surface area contributed by atoms with Gasteiger partial charge in [0.2, 0.25) is 0 Å². The zero-order chi connectivity index (χ0) is 13.1. The zero-order valence-electron chi connectivity index (χ0n) is 10.2. The number of aliphatic carboxylic acids is 1. The highest BCUT2D eigenvalue weighted by atomic mass is 16.5. The topological polar surface area (TPSA) is 71.8 Å². The lowest BCUT2D eigenvalue weighted by molar-refractivity contribution is -0.137. The number of rotatable bonds is 4. The molecule has 6 heteroatoms. The van der Waals surface area contributed by atoms with Crippen molar-refractivity contribution < 1.29 is 19.4 Å². The Morgan fingerprint density at radius 2 is 2.33 bits per heavy atom. The SMILES string of the molecule is COC1CCN(C(=O)c2cccn2CC(=O)O)C1. The number of nitrogens with zero attached hydrogens (tertiary/aromatic N) is 2. The molecule has 6 nitrogen and oxygen atoms in total. The Balaban J connectivity index is 2.09. The van der Waals surface area contributed by atoms with E-state index in [-0.39, 0.29) is 18.6 Å². The summed E-state index contributed by atoms with van der Waals surface area (Å²) in [4.78, 5) is 24.6. The number of hydrogen-bond donors (Lipinski definition) is 1. The third kappa shape index (κ3) is 2.53. The molecule has 0 spiro atoms. The highest BCUT2D eigenvalue weighted by Crippen LogP contribution is 2.16. The highest BCUT2D eigenvalue weighted by Gasteiger charge is 2.28. The van der Waals surface area contributed by atoms with Gasteiger partial charge in [0, 0.05) is 26.4 Å². The predicted octanol–water partition coefficient (Wildman–Crippen LogP) is 0.434. The van der Waals surface area contributed by atoms with Crippen LogP contribution in [0, 0.1) is 0 Å². The van der Waals surface area contributed by atoms with Crippen molar-refractivity contribution in [2.75, 3.05) is 20.2 Å². The fourth-order valence-electron chi connectivity index (χ4n) is 2.16. The second-order valence-electron chi connectivity index (χ2n) is 4.31. The Morgan fingerprint density at radius 1 is 1.56 bits per heavy atom. The van der Waals surface area contributed by atoms with Gasteiger partial charge in [-0.1, -0.05) is 0 Å². The minimum atomic E-state index is -0.962. The van der Waals surface area contributed by atoms with Crippen molar-refractivity contribution >= 4 is 11.9 Å². The van der Waals surface area contributed by atoms with E-state index in [1.807, 2.05) is 0 Å². The molecule has 2 rings (SSSR count). The van der Waals surface area contributed by atoms with Crippen LogP contribution in [0.1, 0.15) is 16.9 Å². The Bertz CT molecular complexity index is 455. The maximum atomic E-state index is 12.2.